The predicted molar refractivity (Wildman–Crippen MR) is 111 cm³/mol. The van der Waals surface area contributed by atoms with E-state index in [2.05, 4.69) is 10.6 Å². The second-order valence-corrected chi connectivity index (χ2v) is 7.63. The van der Waals surface area contributed by atoms with E-state index in [1.807, 2.05) is 0 Å². The SMILES string of the molecule is N[C@H](CCC(=O)N[C@@H](CSCC(=O)c1ccc(Cl)cc1)C(=O)NCC(=O)O)C(=O)O. The zero-order valence-corrected chi connectivity index (χ0v) is 17.4. The van der Waals surface area contributed by atoms with Crippen LogP contribution in [0.15, 0.2) is 24.3 Å². The van der Waals surface area contributed by atoms with Crippen LogP contribution in [-0.2, 0) is 19.2 Å². The van der Waals surface area contributed by atoms with Gasteiger partial charge in [0.25, 0.3) is 0 Å². The maximum Gasteiger partial charge on any atom is 0.322 e. The number of hydrogen-bond donors (Lipinski definition) is 5. The third kappa shape index (κ3) is 9.72. The molecule has 0 saturated heterocycles. The first-order chi connectivity index (χ1) is 14.1. The molecule has 30 heavy (non-hydrogen) atoms. The van der Waals surface area contributed by atoms with Gasteiger partial charge in [0.05, 0.1) is 5.75 Å². The lowest BCUT2D eigenvalue weighted by molar-refractivity contribution is -0.139. The largest absolute Gasteiger partial charge is 0.480 e. The molecule has 164 valence electrons. The first kappa shape index (κ1) is 25.4. The van der Waals surface area contributed by atoms with E-state index in [0.29, 0.717) is 10.6 Å². The molecule has 0 unspecified atom stereocenters. The fraction of sp³-hybridized carbons (Fsp3) is 0.389. The summed E-state index contributed by atoms with van der Waals surface area (Å²) in [4.78, 5) is 57.8. The number of hydrogen-bond acceptors (Lipinski definition) is 7. The molecule has 2 amide bonds. The van der Waals surface area contributed by atoms with Crippen molar-refractivity contribution in [1.29, 1.82) is 0 Å². The van der Waals surface area contributed by atoms with Crippen molar-refractivity contribution < 1.29 is 34.2 Å². The Morgan fingerprint density at radius 2 is 1.73 bits per heavy atom. The van der Waals surface area contributed by atoms with Crippen LogP contribution in [0.3, 0.4) is 0 Å². The fourth-order valence-corrected chi connectivity index (χ4v) is 3.20. The molecule has 0 saturated carbocycles. The number of thioether (sulfide) groups is 1. The Morgan fingerprint density at radius 3 is 2.30 bits per heavy atom. The molecule has 0 aromatic heterocycles. The van der Waals surface area contributed by atoms with Gasteiger partial charge in [-0.05, 0) is 30.7 Å². The highest BCUT2D eigenvalue weighted by atomic mass is 35.5. The molecule has 2 atom stereocenters. The molecular weight excluding hydrogens is 438 g/mol. The zero-order valence-electron chi connectivity index (χ0n) is 15.8. The average Bonchev–Trinajstić information content (AvgIpc) is 2.69. The monoisotopic (exact) mass is 459 g/mol. The van der Waals surface area contributed by atoms with Crippen molar-refractivity contribution in [2.24, 2.45) is 5.73 Å². The molecule has 10 nitrogen and oxygen atoms in total. The summed E-state index contributed by atoms with van der Waals surface area (Å²) in [6.07, 6.45) is -0.364. The highest BCUT2D eigenvalue weighted by Crippen LogP contribution is 2.13. The van der Waals surface area contributed by atoms with Crippen molar-refractivity contribution in [3.8, 4) is 0 Å². The normalized spacial score (nSPS) is 12.5. The van der Waals surface area contributed by atoms with Gasteiger partial charge in [-0.25, -0.2) is 0 Å². The van der Waals surface area contributed by atoms with Gasteiger partial charge in [0.1, 0.15) is 18.6 Å². The molecule has 1 aromatic carbocycles. The number of carboxylic acids is 2. The summed E-state index contributed by atoms with van der Waals surface area (Å²) in [5.41, 5.74) is 5.78. The number of aliphatic carboxylic acids is 2. The van der Waals surface area contributed by atoms with Gasteiger partial charge in [-0.3, -0.25) is 24.0 Å². The molecule has 6 N–H and O–H groups in total. The van der Waals surface area contributed by atoms with E-state index in [1.54, 1.807) is 24.3 Å². The molecule has 1 rings (SSSR count). The van der Waals surface area contributed by atoms with Crippen molar-refractivity contribution in [1.82, 2.24) is 10.6 Å². The lowest BCUT2D eigenvalue weighted by Gasteiger charge is -2.18. The Morgan fingerprint density at radius 1 is 1.10 bits per heavy atom. The number of carbonyl (C=O) groups is 5. The highest BCUT2D eigenvalue weighted by molar-refractivity contribution is 8.00. The quantitative estimate of drug-likeness (QED) is 0.256. The van der Waals surface area contributed by atoms with Gasteiger partial charge >= 0.3 is 11.9 Å². The van der Waals surface area contributed by atoms with Crippen LogP contribution in [0.1, 0.15) is 23.2 Å². The van der Waals surface area contributed by atoms with Gasteiger partial charge in [0.15, 0.2) is 5.78 Å². The minimum Gasteiger partial charge on any atom is -0.480 e. The molecule has 0 spiro atoms. The van der Waals surface area contributed by atoms with Crippen LogP contribution in [0.25, 0.3) is 0 Å². The minimum absolute atomic E-state index is 0.00149. The van der Waals surface area contributed by atoms with E-state index in [0.717, 1.165) is 11.8 Å². The molecular formula is C18H22ClN3O7S. The van der Waals surface area contributed by atoms with Gasteiger partial charge in [0, 0.05) is 22.8 Å². The molecule has 0 aliphatic heterocycles. The second-order valence-electron chi connectivity index (χ2n) is 6.16. The van der Waals surface area contributed by atoms with Crippen LogP contribution in [0.5, 0.6) is 0 Å². The first-order valence-corrected chi connectivity index (χ1v) is 10.3. The molecule has 1 aromatic rings. The van der Waals surface area contributed by atoms with Crippen molar-refractivity contribution >= 4 is 52.9 Å². The van der Waals surface area contributed by atoms with E-state index in [1.165, 1.54) is 0 Å². The van der Waals surface area contributed by atoms with Crippen LogP contribution in [0.4, 0.5) is 0 Å². The summed E-state index contributed by atoms with van der Waals surface area (Å²) in [5.74, 6) is -4.06. The fourth-order valence-electron chi connectivity index (χ4n) is 2.13. The molecule has 0 bridgehead atoms. The zero-order chi connectivity index (χ0) is 22.7. The van der Waals surface area contributed by atoms with Crippen molar-refractivity contribution in [3.05, 3.63) is 34.9 Å². The molecule has 0 heterocycles. The van der Waals surface area contributed by atoms with E-state index < -0.39 is 42.4 Å². The second kappa shape index (κ2) is 12.8. The van der Waals surface area contributed by atoms with Crippen LogP contribution in [0, 0.1) is 0 Å². The molecule has 0 aliphatic rings. The van der Waals surface area contributed by atoms with Crippen LogP contribution in [0.2, 0.25) is 5.02 Å². The van der Waals surface area contributed by atoms with E-state index >= 15 is 0 Å². The number of nitrogens with one attached hydrogen (secondary N) is 2. The summed E-state index contributed by atoms with van der Waals surface area (Å²) in [6, 6.07) is 3.95. The summed E-state index contributed by atoms with van der Waals surface area (Å²) < 4.78 is 0. The van der Waals surface area contributed by atoms with E-state index in [-0.39, 0.29) is 30.1 Å². The molecule has 0 aliphatic carbocycles. The van der Waals surface area contributed by atoms with Gasteiger partial charge < -0.3 is 26.6 Å². The molecule has 0 radical (unpaired) electrons. The summed E-state index contributed by atoms with van der Waals surface area (Å²) >= 11 is 6.85. The lowest BCUT2D eigenvalue weighted by Crippen LogP contribution is -2.49. The molecule has 12 heteroatoms. The van der Waals surface area contributed by atoms with Gasteiger partial charge in [0.2, 0.25) is 11.8 Å². The Bertz CT molecular complexity index is 788. The van der Waals surface area contributed by atoms with Gasteiger partial charge in [-0.1, -0.05) is 11.6 Å². The topological polar surface area (TPSA) is 176 Å². The van der Waals surface area contributed by atoms with Crippen LogP contribution >= 0.6 is 23.4 Å². The van der Waals surface area contributed by atoms with Crippen LogP contribution in [-0.4, -0.2) is 69.9 Å². The van der Waals surface area contributed by atoms with Crippen molar-refractivity contribution in [3.63, 3.8) is 0 Å². The maximum atomic E-state index is 12.2. The Kier molecular flexibility index (Phi) is 10.9. The smallest absolute Gasteiger partial charge is 0.322 e. The number of halogens is 1. The standard InChI is InChI=1S/C18H22ClN3O7S/c19-11-3-1-10(2-4-11)14(23)9-30-8-13(17(27)21-7-16(25)26)22-15(24)6-5-12(20)18(28)29/h1-4,12-13H,5-9,20H2,(H,21,27)(H,22,24)(H,25,26)(H,28,29)/t12-,13+/m1/s1. The number of nitrogens with two attached hydrogens (primary N) is 1. The lowest BCUT2D eigenvalue weighted by atomic mass is 10.1. The number of amides is 2. The average molecular weight is 460 g/mol. The van der Waals surface area contributed by atoms with Gasteiger partial charge in [-0.15, -0.1) is 0 Å². The number of carbonyl (C=O) groups excluding carboxylic acids is 3. The van der Waals surface area contributed by atoms with Crippen molar-refractivity contribution in [2.45, 2.75) is 24.9 Å². The maximum absolute atomic E-state index is 12.2. The predicted octanol–water partition coefficient (Wildman–Crippen LogP) is 0.134. The highest BCUT2D eigenvalue weighted by Gasteiger charge is 2.23. The minimum atomic E-state index is -1.26. The Balaban J connectivity index is 2.63. The summed E-state index contributed by atoms with van der Waals surface area (Å²) in [5, 5.41) is 22.5. The first-order valence-electron chi connectivity index (χ1n) is 8.74. The number of carboxylic acid groups (broad SMARTS) is 2. The third-order valence-electron chi connectivity index (χ3n) is 3.75. The number of ketones is 1. The Hall–Kier alpha value is -2.63. The summed E-state index contributed by atoms with van der Waals surface area (Å²) in [6.45, 7) is -0.635. The van der Waals surface area contributed by atoms with Gasteiger partial charge in [-0.2, -0.15) is 11.8 Å². The third-order valence-corrected chi connectivity index (χ3v) is 5.04. The number of Topliss-reactive ketones (excluding diaryl/α,β-unsaturated/α-hetero) is 1. The van der Waals surface area contributed by atoms with Crippen molar-refractivity contribution in [2.75, 3.05) is 18.1 Å². The molecule has 0 fully saturated rings. The Labute approximate surface area is 181 Å². The van der Waals surface area contributed by atoms with Crippen LogP contribution < -0.4 is 16.4 Å². The van der Waals surface area contributed by atoms with E-state index in [9.17, 15) is 24.0 Å². The number of benzene rings is 1. The summed E-state index contributed by atoms with van der Waals surface area (Å²) in [7, 11) is 0. The van der Waals surface area contributed by atoms with E-state index in [4.69, 9.17) is 27.5 Å². The number of rotatable bonds is 13.